The van der Waals surface area contributed by atoms with Crippen LogP contribution in [0.1, 0.15) is 124 Å². The molecule has 11 amide bonds. The lowest BCUT2D eigenvalue weighted by Crippen LogP contribution is -2.60. The largest absolute Gasteiger partial charge is 0.481 e. The molecule has 0 radical (unpaired) electrons. The van der Waals surface area contributed by atoms with Gasteiger partial charge < -0.3 is 96.1 Å². The number of carbonyl (C=O) groups is 12. The zero-order valence-electron chi connectivity index (χ0n) is 55.4. The van der Waals surface area contributed by atoms with Crippen LogP contribution < -0.4 is 80.6 Å². The van der Waals surface area contributed by atoms with Crippen molar-refractivity contribution < 1.29 is 73.1 Å². The molecule has 21 N–H and O–H groups in total. The number of benzene rings is 1. The molecule has 2 unspecified atom stereocenters. The molecule has 538 valence electrons. The van der Waals surface area contributed by atoms with E-state index in [9.17, 15) is 73.1 Å². The van der Waals surface area contributed by atoms with Crippen molar-refractivity contribution >= 4 is 125 Å². The van der Waals surface area contributed by atoms with Crippen molar-refractivity contribution in [3.8, 4) is 0 Å². The van der Waals surface area contributed by atoms with Crippen LogP contribution in [0, 0.1) is 11.3 Å². The Morgan fingerprint density at radius 3 is 1.60 bits per heavy atom. The zero-order valence-corrected chi connectivity index (χ0v) is 58.0. The van der Waals surface area contributed by atoms with Crippen LogP contribution in [-0.4, -0.2) is 220 Å². The number of rotatable bonds is 33. The SMILES string of the molecule is C/C(=N/O)C(C)(C)NCCC(CCNC(=O)CCCC(=O)NCCCC[C@@H]1NC(=O)CSCC(C(N)=O)NC(=O)[C@H](Cc2ccccc2)NC(=O)C(CS)NC(=O)[C@H](CC(=O)O)NC(=O)CNC(=O)[C@H](CCCNC(=N)N)NC(=O)[C@H](CS)NC1=O)CCNC(C)(C)/C(C)=N\O. The lowest BCUT2D eigenvalue weighted by atomic mass is 9.94. The van der Waals surface area contributed by atoms with Gasteiger partial charge in [-0.2, -0.15) is 25.3 Å². The van der Waals surface area contributed by atoms with E-state index in [0.717, 1.165) is 24.6 Å². The molecule has 1 fully saturated rings. The van der Waals surface area contributed by atoms with Crippen LogP contribution in [0.15, 0.2) is 40.6 Å². The first kappa shape index (κ1) is 84.1. The van der Waals surface area contributed by atoms with E-state index in [-0.39, 0.29) is 99.7 Å². The zero-order chi connectivity index (χ0) is 72.0. The Labute approximate surface area is 574 Å². The second-order valence-electron chi connectivity index (χ2n) is 24.1. The van der Waals surface area contributed by atoms with Crippen LogP contribution in [0.2, 0.25) is 0 Å². The predicted molar refractivity (Wildman–Crippen MR) is 367 cm³/mol. The maximum absolute atomic E-state index is 14.1. The van der Waals surface area contributed by atoms with Gasteiger partial charge >= 0.3 is 5.97 Å². The van der Waals surface area contributed by atoms with Gasteiger partial charge in [-0.25, -0.2) is 0 Å². The predicted octanol–water partition coefficient (Wildman–Crippen LogP) is -2.64. The summed E-state index contributed by atoms with van der Waals surface area (Å²) in [6.07, 6.45) is 1.80. The number of carbonyl (C=O) groups excluding carboxylic acids is 11. The summed E-state index contributed by atoms with van der Waals surface area (Å²) in [7, 11) is 0. The minimum Gasteiger partial charge on any atom is -0.481 e. The topological polar surface area (TPSA) is 523 Å². The van der Waals surface area contributed by atoms with Gasteiger partial charge in [-0.15, -0.1) is 11.8 Å². The molecule has 0 saturated carbocycles. The maximum Gasteiger partial charge on any atom is 0.305 e. The number of nitrogens with one attached hydrogen (secondary N) is 14. The second kappa shape index (κ2) is 44.7. The first-order valence-electron chi connectivity index (χ1n) is 31.6. The Hall–Kier alpha value is -7.96. The highest BCUT2D eigenvalue weighted by molar-refractivity contribution is 8.00. The van der Waals surface area contributed by atoms with E-state index in [0.29, 0.717) is 49.5 Å². The van der Waals surface area contributed by atoms with E-state index in [2.05, 4.69) is 105 Å². The molecule has 1 aliphatic heterocycles. The third-order valence-electron chi connectivity index (χ3n) is 15.7. The molecule has 0 bridgehead atoms. The smallest absolute Gasteiger partial charge is 0.305 e. The number of aliphatic carboxylic acids is 1. The lowest BCUT2D eigenvalue weighted by molar-refractivity contribution is -0.141. The van der Waals surface area contributed by atoms with Gasteiger partial charge in [-0.05, 0) is 124 Å². The third-order valence-corrected chi connectivity index (χ3v) is 17.5. The van der Waals surface area contributed by atoms with Gasteiger partial charge in [0.2, 0.25) is 65.0 Å². The normalized spacial score (nSPS) is 21.0. The quantitative estimate of drug-likeness (QED) is 0.00854. The fourth-order valence-electron chi connectivity index (χ4n) is 9.32. The number of oxime groups is 2. The van der Waals surface area contributed by atoms with E-state index in [4.69, 9.17) is 16.9 Å². The molecule has 33 nitrogen and oxygen atoms in total. The average molecular weight is 1410 g/mol. The van der Waals surface area contributed by atoms with Crippen molar-refractivity contribution in [2.75, 3.05) is 62.3 Å². The number of nitrogens with zero attached hydrogens (tertiary/aromatic N) is 2. The molecular weight excluding hydrogens is 1310 g/mol. The second-order valence-corrected chi connectivity index (χ2v) is 25.8. The molecule has 1 heterocycles. The number of hydrogen-bond donors (Lipinski definition) is 21. The van der Waals surface area contributed by atoms with Crippen LogP contribution in [0.5, 0.6) is 0 Å². The number of hydrogen-bond acceptors (Lipinski definition) is 22. The van der Waals surface area contributed by atoms with E-state index in [1.54, 1.807) is 44.2 Å². The maximum atomic E-state index is 14.1. The number of carboxylic acid groups (broad SMARTS) is 1. The summed E-state index contributed by atoms with van der Waals surface area (Å²) in [5.74, 6) is -12.4. The fourth-order valence-corrected chi connectivity index (χ4v) is 10.7. The highest BCUT2D eigenvalue weighted by Gasteiger charge is 2.34. The standard InChI is InChI=1S/C60H100N18O15S3/c1-35(77-92)59(3,4)68-26-21-37(22-27-69-60(5,6)36(2)78-93)20-25-65-47(80)19-12-18-46(79)64-23-11-10-16-40-53(87)74-43(31-94)56(90)72-39(17-13-24-66-58(62)63)52(86)67-30-48(81)71-42(29-50(83)84)55(89)75-44(32-95)57(91)73-41(28-38-14-8-7-9-15-38)54(88)76-45(51(61)85)33-96-34-49(82)70-40/h7-9,14-15,37,39-45,68-69,92-95H,10-13,16-34H2,1-6H3,(H2,61,85)(H,64,79)(H,65,80)(H,67,86)(H,70,82)(H,71,81)(H,72,90)(H,73,91)(H,74,87)(H,75,89)(H,76,88)(H,83,84)(H4,62,63,66)/b77-35-,78-36-/t39-,40-,41-,42-,43-,44?,45?/m0/s1. The third kappa shape index (κ3) is 33.6. The molecule has 2 rings (SSSR count). The minimum atomic E-state index is -1.83. The van der Waals surface area contributed by atoms with Gasteiger partial charge in [0.15, 0.2) is 5.96 Å². The number of amides is 11. The number of guanidine groups is 1. The van der Waals surface area contributed by atoms with Crippen molar-refractivity contribution in [3.05, 3.63) is 35.9 Å². The first-order chi connectivity index (χ1) is 45.4. The van der Waals surface area contributed by atoms with Gasteiger partial charge in [-0.1, -0.05) is 40.6 Å². The Balaban J connectivity index is 2.32. The van der Waals surface area contributed by atoms with Crippen molar-refractivity contribution in [1.82, 2.24) is 69.1 Å². The summed E-state index contributed by atoms with van der Waals surface area (Å²) in [5.41, 5.74) is 11.6. The summed E-state index contributed by atoms with van der Waals surface area (Å²) in [6, 6.07) is -2.13. The molecule has 0 spiro atoms. The Bertz CT molecular complexity index is 2800. The molecule has 0 aromatic heterocycles. The summed E-state index contributed by atoms with van der Waals surface area (Å²) >= 11 is 9.30. The van der Waals surface area contributed by atoms with Crippen molar-refractivity contribution in [3.63, 3.8) is 0 Å². The van der Waals surface area contributed by atoms with E-state index >= 15 is 0 Å². The molecule has 1 aromatic rings. The molecule has 1 saturated heterocycles. The molecule has 0 aliphatic carbocycles. The van der Waals surface area contributed by atoms with E-state index in [1.807, 2.05) is 27.7 Å². The molecule has 1 aliphatic rings. The Kier molecular flexibility index (Phi) is 39.2. The van der Waals surface area contributed by atoms with Crippen LogP contribution in [0.25, 0.3) is 0 Å². The van der Waals surface area contributed by atoms with Crippen molar-refractivity contribution in [1.29, 1.82) is 5.41 Å². The van der Waals surface area contributed by atoms with Gasteiger partial charge in [-0.3, -0.25) is 62.9 Å². The molecular formula is C60H100N18O15S3. The molecule has 96 heavy (non-hydrogen) atoms. The number of thioether (sulfide) groups is 1. The Morgan fingerprint density at radius 2 is 1.07 bits per heavy atom. The van der Waals surface area contributed by atoms with Crippen LogP contribution in [0.4, 0.5) is 0 Å². The average Bonchev–Trinajstić information content (AvgIpc) is 0.983. The van der Waals surface area contributed by atoms with Gasteiger partial charge in [0.1, 0.15) is 42.3 Å². The Morgan fingerprint density at radius 1 is 0.604 bits per heavy atom. The molecule has 7 atom stereocenters. The van der Waals surface area contributed by atoms with Crippen molar-refractivity contribution in [2.45, 2.75) is 178 Å². The van der Waals surface area contributed by atoms with Crippen LogP contribution >= 0.6 is 37.0 Å². The monoisotopic (exact) mass is 1410 g/mol. The first-order valence-corrected chi connectivity index (χ1v) is 34.0. The summed E-state index contributed by atoms with van der Waals surface area (Å²) in [6.45, 7) is 12.0. The van der Waals surface area contributed by atoms with Crippen molar-refractivity contribution in [2.24, 2.45) is 27.7 Å². The lowest BCUT2D eigenvalue weighted by Gasteiger charge is -2.28. The van der Waals surface area contributed by atoms with Crippen LogP contribution in [-0.2, 0) is 64.0 Å². The summed E-state index contributed by atoms with van der Waals surface area (Å²) < 4.78 is 0. The fraction of sp³-hybridized carbons (Fsp3) is 0.650. The molecule has 1 aromatic carbocycles. The summed E-state index contributed by atoms with van der Waals surface area (Å²) in [5, 5.41) is 77.2. The van der Waals surface area contributed by atoms with Gasteiger partial charge in [0.25, 0.3) is 0 Å². The minimum absolute atomic E-state index is 0.0298. The highest BCUT2D eigenvalue weighted by atomic mass is 32.2. The van der Waals surface area contributed by atoms with E-state index in [1.165, 1.54) is 0 Å². The number of carboxylic acids is 1. The van der Waals surface area contributed by atoms with Crippen LogP contribution in [0.3, 0.4) is 0 Å². The van der Waals surface area contributed by atoms with Gasteiger partial charge in [0, 0.05) is 56.2 Å². The van der Waals surface area contributed by atoms with Gasteiger partial charge in [0.05, 0.1) is 41.2 Å². The molecule has 36 heteroatoms. The summed E-state index contributed by atoms with van der Waals surface area (Å²) in [4.78, 5) is 161. The number of unbranched alkanes of at least 4 members (excludes halogenated alkanes) is 1. The number of primary amides is 1. The number of nitrogens with two attached hydrogens (primary N) is 2. The number of thiol groups is 2. The highest BCUT2D eigenvalue weighted by Crippen LogP contribution is 2.17. The van der Waals surface area contributed by atoms with E-state index < -0.39 is 137 Å².